The molecular formula is C24H47NO2. The second-order valence-electron chi connectivity index (χ2n) is 8.13. The summed E-state index contributed by atoms with van der Waals surface area (Å²) in [7, 11) is 0. The van der Waals surface area contributed by atoms with Crippen LogP contribution < -0.4 is 5.32 Å². The van der Waals surface area contributed by atoms with E-state index in [1.54, 1.807) is 0 Å². The first-order valence-electron chi connectivity index (χ1n) is 11.8. The molecule has 0 aliphatic carbocycles. The third kappa shape index (κ3) is 23.1. The average molecular weight is 382 g/mol. The maximum Gasteiger partial charge on any atom is 0.328 e. The minimum atomic E-state index is -0.842. The molecule has 0 saturated carbocycles. The van der Waals surface area contributed by atoms with Crippen molar-refractivity contribution in [3.05, 3.63) is 11.6 Å². The molecule has 160 valence electrons. The molecule has 0 bridgehead atoms. The van der Waals surface area contributed by atoms with Crippen molar-refractivity contribution in [3.8, 4) is 0 Å². The van der Waals surface area contributed by atoms with Gasteiger partial charge in [-0.15, -0.1) is 0 Å². The Labute approximate surface area is 169 Å². The Hall–Kier alpha value is -0.830. The number of carboxylic acid groups (broad SMARTS) is 1. The third-order valence-electron chi connectivity index (χ3n) is 5.27. The van der Waals surface area contributed by atoms with E-state index in [9.17, 15) is 4.79 Å². The molecule has 27 heavy (non-hydrogen) atoms. The molecule has 0 aromatic heterocycles. The van der Waals surface area contributed by atoms with Gasteiger partial charge in [0.1, 0.15) is 0 Å². The fourth-order valence-corrected chi connectivity index (χ4v) is 3.49. The predicted octanol–water partition coefficient (Wildman–Crippen LogP) is 7.26. The van der Waals surface area contributed by atoms with Crippen molar-refractivity contribution in [1.29, 1.82) is 0 Å². The summed E-state index contributed by atoms with van der Waals surface area (Å²) in [5.74, 6) is -0.842. The van der Waals surface area contributed by atoms with Crippen molar-refractivity contribution < 1.29 is 9.90 Å². The summed E-state index contributed by atoms with van der Waals surface area (Å²) in [6.45, 7) is 6.10. The number of carboxylic acids is 1. The maximum absolute atomic E-state index is 10.5. The molecule has 0 atom stereocenters. The van der Waals surface area contributed by atoms with Gasteiger partial charge in [-0.05, 0) is 32.9 Å². The highest BCUT2D eigenvalue weighted by Crippen LogP contribution is 2.13. The van der Waals surface area contributed by atoms with Crippen LogP contribution in [0.15, 0.2) is 11.6 Å². The first kappa shape index (κ1) is 26.2. The number of rotatable bonds is 21. The summed E-state index contributed by atoms with van der Waals surface area (Å²) in [6.07, 6.45) is 24.6. The zero-order valence-corrected chi connectivity index (χ0v) is 18.4. The van der Waals surface area contributed by atoms with Gasteiger partial charge in [0.25, 0.3) is 0 Å². The number of hydrogen-bond donors (Lipinski definition) is 2. The monoisotopic (exact) mass is 381 g/mol. The van der Waals surface area contributed by atoms with Crippen molar-refractivity contribution in [2.45, 2.75) is 123 Å². The minimum Gasteiger partial charge on any atom is -0.478 e. The zero-order chi connectivity index (χ0) is 20.0. The van der Waals surface area contributed by atoms with Crippen LogP contribution in [0.4, 0.5) is 0 Å². The Balaban J connectivity index is 3.10. The van der Waals surface area contributed by atoms with E-state index in [1.807, 2.05) is 6.92 Å². The van der Waals surface area contributed by atoms with E-state index in [0.29, 0.717) is 0 Å². The molecule has 0 rings (SSSR count). The van der Waals surface area contributed by atoms with Crippen LogP contribution in [0, 0.1) is 0 Å². The van der Waals surface area contributed by atoms with Crippen LogP contribution in [0.5, 0.6) is 0 Å². The van der Waals surface area contributed by atoms with Crippen LogP contribution in [-0.4, -0.2) is 24.2 Å². The topological polar surface area (TPSA) is 49.3 Å². The van der Waals surface area contributed by atoms with E-state index in [0.717, 1.165) is 25.1 Å². The van der Waals surface area contributed by atoms with Gasteiger partial charge in [0, 0.05) is 6.08 Å². The highest BCUT2D eigenvalue weighted by molar-refractivity contribution is 5.80. The fourth-order valence-electron chi connectivity index (χ4n) is 3.49. The smallest absolute Gasteiger partial charge is 0.328 e. The highest BCUT2D eigenvalue weighted by atomic mass is 16.4. The van der Waals surface area contributed by atoms with Crippen LogP contribution in [0.3, 0.4) is 0 Å². The molecule has 0 aromatic carbocycles. The third-order valence-corrected chi connectivity index (χ3v) is 5.27. The summed E-state index contributed by atoms with van der Waals surface area (Å²) in [4.78, 5) is 10.5. The normalized spacial score (nSPS) is 11.9. The molecule has 0 aliphatic heterocycles. The van der Waals surface area contributed by atoms with Gasteiger partial charge in [-0.25, -0.2) is 4.79 Å². The van der Waals surface area contributed by atoms with Gasteiger partial charge in [0.15, 0.2) is 0 Å². The SMILES string of the molecule is CCCCCCCCCCCCCCCCCCNCC/C(C)=C\C(=O)O. The van der Waals surface area contributed by atoms with Crippen molar-refractivity contribution in [1.82, 2.24) is 5.32 Å². The molecule has 3 heteroatoms. The van der Waals surface area contributed by atoms with E-state index < -0.39 is 5.97 Å². The van der Waals surface area contributed by atoms with Gasteiger partial charge in [0.05, 0.1) is 0 Å². The molecule has 3 nitrogen and oxygen atoms in total. The summed E-state index contributed by atoms with van der Waals surface area (Å²) < 4.78 is 0. The van der Waals surface area contributed by atoms with E-state index in [1.165, 1.54) is 109 Å². The molecular weight excluding hydrogens is 334 g/mol. The lowest BCUT2D eigenvalue weighted by molar-refractivity contribution is -0.131. The molecule has 0 aliphatic rings. The van der Waals surface area contributed by atoms with Gasteiger partial charge in [0.2, 0.25) is 0 Å². The van der Waals surface area contributed by atoms with E-state index >= 15 is 0 Å². The van der Waals surface area contributed by atoms with E-state index in [4.69, 9.17) is 5.11 Å². The highest BCUT2D eigenvalue weighted by Gasteiger charge is 1.96. The van der Waals surface area contributed by atoms with Crippen LogP contribution >= 0.6 is 0 Å². The van der Waals surface area contributed by atoms with Crippen molar-refractivity contribution in [2.75, 3.05) is 13.1 Å². The largest absolute Gasteiger partial charge is 0.478 e. The minimum absolute atomic E-state index is 0.825. The molecule has 0 amide bonds. The number of nitrogens with one attached hydrogen (secondary N) is 1. The summed E-state index contributed by atoms with van der Waals surface area (Å²) >= 11 is 0. The Bertz CT molecular complexity index is 352. The van der Waals surface area contributed by atoms with Crippen molar-refractivity contribution in [3.63, 3.8) is 0 Å². The molecule has 0 radical (unpaired) electrons. The molecule has 0 spiro atoms. The summed E-state index contributed by atoms with van der Waals surface area (Å²) in [5.41, 5.74) is 0.932. The van der Waals surface area contributed by atoms with E-state index in [2.05, 4.69) is 12.2 Å². The second-order valence-corrected chi connectivity index (χ2v) is 8.13. The Morgan fingerprint density at radius 3 is 1.52 bits per heavy atom. The van der Waals surface area contributed by atoms with Crippen LogP contribution in [0.1, 0.15) is 123 Å². The molecule has 0 heterocycles. The summed E-state index contributed by atoms with van der Waals surface area (Å²) in [5, 5.41) is 12.1. The van der Waals surface area contributed by atoms with Crippen LogP contribution in [0.2, 0.25) is 0 Å². The van der Waals surface area contributed by atoms with Crippen LogP contribution in [-0.2, 0) is 4.79 Å². The zero-order valence-electron chi connectivity index (χ0n) is 18.4. The van der Waals surface area contributed by atoms with Gasteiger partial charge in [-0.3, -0.25) is 0 Å². The van der Waals surface area contributed by atoms with Gasteiger partial charge < -0.3 is 10.4 Å². The second kappa shape index (κ2) is 21.5. The van der Waals surface area contributed by atoms with E-state index in [-0.39, 0.29) is 0 Å². The Morgan fingerprint density at radius 2 is 1.11 bits per heavy atom. The molecule has 0 unspecified atom stereocenters. The number of unbranched alkanes of at least 4 members (excludes halogenated alkanes) is 15. The molecule has 0 aromatic rings. The van der Waals surface area contributed by atoms with Gasteiger partial charge >= 0.3 is 5.97 Å². The van der Waals surface area contributed by atoms with Crippen LogP contribution in [0.25, 0.3) is 0 Å². The number of hydrogen-bond acceptors (Lipinski definition) is 2. The lowest BCUT2D eigenvalue weighted by Gasteiger charge is -2.05. The molecule has 0 saturated heterocycles. The standard InChI is InChI=1S/C24H47NO2/c1-3-4-5-6-7-8-9-10-11-12-13-14-15-16-17-18-20-25-21-19-23(2)22-24(26)27/h22,25H,3-21H2,1-2H3,(H,26,27)/b23-22-. The maximum atomic E-state index is 10.5. The lowest BCUT2D eigenvalue weighted by atomic mass is 10.0. The fraction of sp³-hybridized carbons (Fsp3) is 0.875. The first-order valence-corrected chi connectivity index (χ1v) is 11.8. The van der Waals surface area contributed by atoms with Gasteiger partial charge in [-0.1, -0.05) is 109 Å². The quantitative estimate of drug-likeness (QED) is 0.162. The average Bonchev–Trinajstić information content (AvgIpc) is 2.63. The Morgan fingerprint density at radius 1 is 0.704 bits per heavy atom. The van der Waals surface area contributed by atoms with Crippen molar-refractivity contribution >= 4 is 5.97 Å². The van der Waals surface area contributed by atoms with Gasteiger partial charge in [-0.2, -0.15) is 0 Å². The Kier molecular flexibility index (Phi) is 20.8. The number of carbonyl (C=O) groups is 1. The lowest BCUT2D eigenvalue weighted by Crippen LogP contribution is -2.17. The molecule has 2 N–H and O–H groups in total. The van der Waals surface area contributed by atoms with Crippen molar-refractivity contribution in [2.24, 2.45) is 0 Å². The number of aliphatic carboxylic acids is 1. The summed E-state index contributed by atoms with van der Waals surface area (Å²) in [6, 6.07) is 0. The first-order chi connectivity index (χ1) is 13.2. The molecule has 0 fully saturated rings. The predicted molar refractivity (Wildman–Crippen MR) is 118 cm³/mol.